The molecule has 0 fully saturated rings. The van der Waals surface area contributed by atoms with Crippen molar-refractivity contribution in [3.63, 3.8) is 0 Å². The number of allylic oxidation sites excluding steroid dienone is 2. The van der Waals surface area contributed by atoms with Crippen LogP contribution in [0.4, 0.5) is 5.82 Å². The minimum absolute atomic E-state index is 0.123. The van der Waals surface area contributed by atoms with E-state index in [4.69, 9.17) is 15.1 Å². The number of aromatic nitrogens is 2. The number of rotatable bonds is 7. The van der Waals surface area contributed by atoms with E-state index in [9.17, 15) is 5.11 Å². The molecule has 6 heteroatoms. The molecule has 0 unspecified atom stereocenters. The summed E-state index contributed by atoms with van der Waals surface area (Å²) < 4.78 is 7.29. The highest BCUT2D eigenvalue weighted by molar-refractivity contribution is 6.21. The number of aryl methyl sites for hydroxylation is 2. The average Bonchev–Trinajstić information content (AvgIpc) is 3.01. The molecule has 0 spiro atoms. The molecule has 0 amide bonds. The zero-order chi connectivity index (χ0) is 22.8. The number of ether oxygens (including phenoxy) is 1. The Kier molecular flexibility index (Phi) is 6.39. The topological polar surface area (TPSA) is 82.6 Å². The molecule has 0 saturated heterocycles. The smallest absolute Gasteiger partial charge is 0.139 e. The SMILES string of the molecule is COc1ccc(CCc2nc3cc(/C(C(C)=N)=C(\C)O)ccn3c2NC(C)(C)C)cc1. The molecule has 0 aliphatic heterocycles. The molecule has 164 valence electrons. The van der Waals surface area contributed by atoms with Crippen LogP contribution in [-0.4, -0.2) is 32.9 Å². The number of hydrogen-bond donors (Lipinski definition) is 3. The number of methoxy groups -OCH3 is 1. The molecule has 3 aromatic rings. The molecule has 0 saturated carbocycles. The Labute approximate surface area is 184 Å². The van der Waals surface area contributed by atoms with Gasteiger partial charge in [-0.2, -0.15) is 0 Å². The van der Waals surface area contributed by atoms with E-state index in [1.807, 2.05) is 34.9 Å². The van der Waals surface area contributed by atoms with Crippen LogP contribution in [0.15, 0.2) is 48.4 Å². The van der Waals surface area contributed by atoms with Gasteiger partial charge in [0, 0.05) is 23.0 Å². The lowest BCUT2D eigenvalue weighted by Gasteiger charge is -2.22. The maximum atomic E-state index is 10.1. The molecule has 0 aliphatic rings. The van der Waals surface area contributed by atoms with Crippen LogP contribution >= 0.6 is 0 Å². The first kappa shape index (κ1) is 22.4. The molecular formula is C25H32N4O2. The predicted molar refractivity (Wildman–Crippen MR) is 128 cm³/mol. The molecular weight excluding hydrogens is 388 g/mol. The highest BCUT2D eigenvalue weighted by Gasteiger charge is 2.19. The third-order valence-corrected chi connectivity index (χ3v) is 5.03. The van der Waals surface area contributed by atoms with Crippen molar-refractivity contribution in [2.24, 2.45) is 0 Å². The van der Waals surface area contributed by atoms with Gasteiger partial charge in [0.2, 0.25) is 0 Å². The monoisotopic (exact) mass is 420 g/mol. The van der Waals surface area contributed by atoms with Gasteiger partial charge in [-0.25, -0.2) is 4.98 Å². The van der Waals surface area contributed by atoms with Crippen molar-refractivity contribution in [1.82, 2.24) is 9.38 Å². The Morgan fingerprint density at radius 3 is 2.35 bits per heavy atom. The van der Waals surface area contributed by atoms with E-state index in [0.29, 0.717) is 11.3 Å². The summed E-state index contributed by atoms with van der Waals surface area (Å²) in [5, 5.41) is 21.7. The second kappa shape index (κ2) is 8.84. The van der Waals surface area contributed by atoms with E-state index in [-0.39, 0.29) is 11.3 Å². The number of aliphatic hydroxyl groups excluding tert-OH is 1. The van der Waals surface area contributed by atoms with Crippen molar-refractivity contribution in [3.05, 3.63) is 65.2 Å². The van der Waals surface area contributed by atoms with Gasteiger partial charge in [0.05, 0.1) is 18.6 Å². The maximum absolute atomic E-state index is 10.1. The van der Waals surface area contributed by atoms with Crippen LogP contribution in [0.1, 0.15) is 51.4 Å². The number of imidazole rings is 1. The summed E-state index contributed by atoms with van der Waals surface area (Å²) in [7, 11) is 1.67. The molecule has 0 radical (unpaired) electrons. The first-order valence-electron chi connectivity index (χ1n) is 10.5. The van der Waals surface area contributed by atoms with Crippen molar-refractivity contribution >= 4 is 22.7 Å². The van der Waals surface area contributed by atoms with Crippen molar-refractivity contribution in [2.45, 2.75) is 53.0 Å². The molecule has 6 nitrogen and oxygen atoms in total. The Bertz CT molecular complexity index is 1110. The van der Waals surface area contributed by atoms with Gasteiger partial charge >= 0.3 is 0 Å². The predicted octanol–water partition coefficient (Wildman–Crippen LogP) is 5.67. The Morgan fingerprint density at radius 1 is 1.13 bits per heavy atom. The standard InChI is InChI=1S/C25H32N4O2/c1-16(26)23(17(2)30)19-13-14-29-22(15-19)27-21(24(29)28-25(3,4)5)12-9-18-7-10-20(31-6)11-8-18/h7-8,10-11,13-15,26,28,30H,9,12H2,1-6H3/b23-17+,26-16?. The normalized spacial score (nSPS) is 12.6. The van der Waals surface area contributed by atoms with Crippen LogP contribution in [0.25, 0.3) is 11.2 Å². The number of nitrogens with one attached hydrogen (secondary N) is 2. The molecule has 0 aliphatic carbocycles. The average molecular weight is 421 g/mol. The first-order chi connectivity index (χ1) is 14.6. The molecule has 3 rings (SSSR count). The summed E-state index contributed by atoms with van der Waals surface area (Å²) in [6, 6.07) is 12.0. The van der Waals surface area contributed by atoms with Gasteiger partial charge in [-0.1, -0.05) is 12.1 Å². The van der Waals surface area contributed by atoms with Crippen molar-refractivity contribution in [2.75, 3.05) is 12.4 Å². The third kappa shape index (κ3) is 5.26. The van der Waals surface area contributed by atoms with Crippen LogP contribution < -0.4 is 10.1 Å². The van der Waals surface area contributed by atoms with E-state index in [0.717, 1.165) is 41.3 Å². The van der Waals surface area contributed by atoms with Crippen LogP contribution in [0.3, 0.4) is 0 Å². The van der Waals surface area contributed by atoms with Gasteiger partial charge in [-0.15, -0.1) is 0 Å². The summed E-state index contributed by atoms with van der Waals surface area (Å²) in [6.07, 6.45) is 3.60. The Hall–Kier alpha value is -3.28. The van der Waals surface area contributed by atoms with E-state index in [1.165, 1.54) is 5.56 Å². The summed E-state index contributed by atoms with van der Waals surface area (Å²) >= 11 is 0. The van der Waals surface area contributed by atoms with E-state index < -0.39 is 0 Å². The molecule has 1 aromatic carbocycles. The van der Waals surface area contributed by atoms with E-state index >= 15 is 0 Å². The number of benzene rings is 1. The lowest BCUT2D eigenvalue weighted by molar-refractivity contribution is 0.414. The zero-order valence-corrected chi connectivity index (χ0v) is 19.2. The third-order valence-electron chi connectivity index (χ3n) is 5.03. The fraction of sp³-hybridized carbons (Fsp3) is 0.360. The van der Waals surface area contributed by atoms with Gasteiger partial charge in [0.25, 0.3) is 0 Å². The van der Waals surface area contributed by atoms with Crippen molar-refractivity contribution in [3.8, 4) is 5.75 Å². The number of fused-ring (bicyclic) bond motifs is 1. The molecule has 3 N–H and O–H groups in total. The fourth-order valence-electron chi connectivity index (χ4n) is 3.66. The van der Waals surface area contributed by atoms with Crippen LogP contribution in [0, 0.1) is 5.41 Å². The first-order valence-corrected chi connectivity index (χ1v) is 10.5. The second-order valence-corrected chi connectivity index (χ2v) is 8.86. The van der Waals surface area contributed by atoms with Gasteiger partial charge in [0.1, 0.15) is 17.2 Å². The van der Waals surface area contributed by atoms with Crippen LogP contribution in [-0.2, 0) is 12.8 Å². The summed E-state index contributed by atoms with van der Waals surface area (Å²) in [4.78, 5) is 4.91. The van der Waals surface area contributed by atoms with Crippen molar-refractivity contribution in [1.29, 1.82) is 5.41 Å². The zero-order valence-electron chi connectivity index (χ0n) is 19.2. The van der Waals surface area contributed by atoms with Crippen LogP contribution in [0.2, 0.25) is 0 Å². The quantitative estimate of drug-likeness (QED) is 0.340. The molecule has 0 atom stereocenters. The molecule has 2 heterocycles. The number of pyridine rings is 1. The van der Waals surface area contributed by atoms with Crippen LogP contribution in [0.5, 0.6) is 5.75 Å². The van der Waals surface area contributed by atoms with Gasteiger partial charge in [-0.05, 0) is 82.9 Å². The summed E-state index contributed by atoms with van der Waals surface area (Å²) in [5.41, 5.74) is 4.52. The van der Waals surface area contributed by atoms with Gasteiger partial charge in [-0.3, -0.25) is 4.40 Å². The van der Waals surface area contributed by atoms with Gasteiger partial charge < -0.3 is 20.6 Å². The highest BCUT2D eigenvalue weighted by Crippen LogP contribution is 2.27. The van der Waals surface area contributed by atoms with E-state index in [1.54, 1.807) is 21.0 Å². The fourth-order valence-corrected chi connectivity index (χ4v) is 3.66. The number of hydrogen-bond acceptors (Lipinski definition) is 5. The maximum Gasteiger partial charge on any atom is 0.139 e. The Balaban J connectivity index is 2.00. The molecule has 0 bridgehead atoms. The highest BCUT2D eigenvalue weighted by atomic mass is 16.5. The number of anilines is 1. The van der Waals surface area contributed by atoms with Crippen molar-refractivity contribution < 1.29 is 9.84 Å². The molecule has 31 heavy (non-hydrogen) atoms. The van der Waals surface area contributed by atoms with Gasteiger partial charge in [0.15, 0.2) is 0 Å². The largest absolute Gasteiger partial charge is 0.512 e. The Morgan fingerprint density at radius 2 is 1.81 bits per heavy atom. The second-order valence-electron chi connectivity index (χ2n) is 8.86. The lowest BCUT2D eigenvalue weighted by atomic mass is 10.0. The van der Waals surface area contributed by atoms with E-state index in [2.05, 4.69) is 38.2 Å². The lowest BCUT2D eigenvalue weighted by Crippen LogP contribution is -2.27. The number of aliphatic hydroxyl groups is 1. The summed E-state index contributed by atoms with van der Waals surface area (Å²) in [6.45, 7) is 9.67. The summed E-state index contributed by atoms with van der Waals surface area (Å²) in [5.74, 6) is 1.96. The number of nitrogens with zero attached hydrogens (tertiary/aromatic N) is 2. The molecule has 2 aromatic heterocycles. The minimum Gasteiger partial charge on any atom is -0.512 e. The minimum atomic E-state index is -0.123.